The summed E-state index contributed by atoms with van der Waals surface area (Å²) in [7, 11) is -3.96. The summed E-state index contributed by atoms with van der Waals surface area (Å²) in [5.74, 6) is 4.00. The Labute approximate surface area is 618 Å². The van der Waals surface area contributed by atoms with Crippen LogP contribution in [0.5, 0.6) is 0 Å². The van der Waals surface area contributed by atoms with Gasteiger partial charge in [-0.25, -0.2) is 29.9 Å². The van der Waals surface area contributed by atoms with Gasteiger partial charge >= 0.3 is 0 Å². The Morgan fingerprint density at radius 3 is 0.962 bits per heavy atom. The van der Waals surface area contributed by atoms with E-state index < -0.39 is 16.1 Å². The summed E-state index contributed by atoms with van der Waals surface area (Å²) in [5, 5.41) is 16.2. The van der Waals surface area contributed by atoms with Crippen LogP contribution in [0.3, 0.4) is 0 Å². The Balaban J connectivity index is 0.000000145. The molecule has 6 nitrogen and oxygen atoms in total. The molecule has 2 aromatic heterocycles. The SMILES string of the molecule is C[Si]1(C)c2ccc(-c3nc(-c4ccc(-c5ccccc5)cc4)nc(-c4ccc(-c5ccc6ccccc6c5)cc4)n3)cc2-c2ccc3ccccc3c21.C[Si]1(C)c2cccc(-c3nc(-c4ccc(-c5ccccc5)cc4)nc(-c4ccc(-c5ccc6ccccc6c5)cc4)n3)c2-c2ccc3ccccc3c21. The van der Waals surface area contributed by atoms with Crippen molar-refractivity contribution < 1.29 is 0 Å². The quantitative estimate of drug-likeness (QED) is 0.127. The Hall–Kier alpha value is -13.0. The molecule has 500 valence electrons. The molecule has 8 heteroatoms. The maximum atomic E-state index is 5.26. The third kappa shape index (κ3) is 11.4. The molecule has 0 bridgehead atoms. The van der Waals surface area contributed by atoms with Gasteiger partial charge in [0, 0.05) is 33.4 Å². The summed E-state index contributed by atoms with van der Waals surface area (Å²) in [6.45, 7) is 9.90. The molecule has 0 amide bonds. The number of aromatic nitrogens is 6. The molecular weight excluding hydrogens is 1320 g/mol. The van der Waals surface area contributed by atoms with Crippen molar-refractivity contribution in [3.63, 3.8) is 0 Å². The number of hydrogen-bond acceptors (Lipinski definition) is 6. The van der Waals surface area contributed by atoms with Crippen LogP contribution in [0.25, 0.3) is 178 Å². The van der Waals surface area contributed by atoms with E-state index in [9.17, 15) is 0 Å². The van der Waals surface area contributed by atoms with Crippen LogP contribution < -0.4 is 20.7 Å². The van der Waals surface area contributed by atoms with Gasteiger partial charge in [0.25, 0.3) is 0 Å². The van der Waals surface area contributed by atoms with Crippen molar-refractivity contribution in [1.82, 2.24) is 29.9 Å². The second-order valence-electron chi connectivity index (χ2n) is 28.9. The molecule has 0 unspecified atom stereocenters. The standard InChI is InChI=1S/2C49H35N3Si/c1-53(2)44-18-10-17-43(45(44)42-30-29-36-14-8-9-16-41(36)46(42)53)49-51-47(37-24-19-34(20-25-37)32-11-4-3-5-12-32)50-48(52-49)38-26-21-35(22-27-38)40-28-23-33-13-6-7-15-39(33)31-40;1-53(2)45-29-27-41(31-44(45)43-28-26-36-13-8-9-15-42(36)46(43)53)49-51-47(37-21-16-34(17-22-37)32-10-4-3-5-11-32)50-48(52-49)38-23-18-35(19-24-38)40-25-20-33-12-6-7-14-39(33)30-40/h2*3-31H,1-2H3. The molecule has 16 aromatic carbocycles. The van der Waals surface area contributed by atoms with Crippen LogP contribution in [0.1, 0.15) is 0 Å². The summed E-state index contributed by atoms with van der Waals surface area (Å²) in [5.41, 5.74) is 20.4. The van der Waals surface area contributed by atoms with Crippen molar-refractivity contribution in [2.45, 2.75) is 26.2 Å². The lowest BCUT2D eigenvalue weighted by Gasteiger charge is -2.20. The van der Waals surface area contributed by atoms with Crippen LogP contribution in [0.4, 0.5) is 0 Å². The minimum Gasteiger partial charge on any atom is -0.208 e. The van der Waals surface area contributed by atoms with Gasteiger partial charge in [-0.15, -0.1) is 0 Å². The lowest BCUT2D eigenvalue weighted by atomic mass is 9.96. The predicted molar refractivity (Wildman–Crippen MR) is 448 cm³/mol. The van der Waals surface area contributed by atoms with E-state index in [1.165, 1.54) is 108 Å². The van der Waals surface area contributed by atoms with Crippen LogP contribution in [0.15, 0.2) is 352 Å². The van der Waals surface area contributed by atoms with E-state index in [1.54, 1.807) is 0 Å². The topological polar surface area (TPSA) is 77.3 Å². The fraction of sp³-hybridized carbons (Fsp3) is 0.0408. The molecule has 0 saturated carbocycles. The summed E-state index contributed by atoms with van der Waals surface area (Å²) in [4.78, 5) is 31.1. The summed E-state index contributed by atoms with van der Waals surface area (Å²) in [6.07, 6.45) is 0. The lowest BCUT2D eigenvalue weighted by Crippen LogP contribution is -2.49. The van der Waals surface area contributed by atoms with Crippen molar-refractivity contribution in [2.24, 2.45) is 0 Å². The zero-order valence-corrected chi connectivity index (χ0v) is 61.2. The number of fused-ring (bicyclic) bond motifs is 12. The zero-order chi connectivity index (χ0) is 71.0. The molecule has 4 heterocycles. The highest BCUT2D eigenvalue weighted by atomic mass is 28.3. The van der Waals surface area contributed by atoms with Crippen molar-refractivity contribution in [2.75, 3.05) is 0 Å². The normalized spacial score (nSPS) is 12.9. The Morgan fingerprint density at radius 1 is 0.179 bits per heavy atom. The lowest BCUT2D eigenvalue weighted by molar-refractivity contribution is 1.07. The van der Waals surface area contributed by atoms with Crippen LogP contribution in [-0.2, 0) is 0 Å². The molecule has 0 saturated heterocycles. The van der Waals surface area contributed by atoms with Gasteiger partial charge in [0.2, 0.25) is 0 Å². The second-order valence-corrected chi connectivity index (χ2v) is 37.5. The van der Waals surface area contributed by atoms with E-state index in [0.717, 1.165) is 55.6 Å². The first-order valence-electron chi connectivity index (χ1n) is 36.4. The third-order valence-electron chi connectivity index (χ3n) is 21.8. The van der Waals surface area contributed by atoms with E-state index in [-0.39, 0.29) is 0 Å². The molecule has 0 radical (unpaired) electrons. The fourth-order valence-electron chi connectivity index (χ4n) is 16.4. The van der Waals surface area contributed by atoms with Gasteiger partial charge in [-0.2, -0.15) is 0 Å². The van der Waals surface area contributed by atoms with E-state index in [0.29, 0.717) is 34.9 Å². The van der Waals surface area contributed by atoms with Gasteiger partial charge in [-0.3, -0.25) is 0 Å². The van der Waals surface area contributed by atoms with Gasteiger partial charge < -0.3 is 0 Å². The maximum Gasteiger partial charge on any atom is 0.164 e. The maximum absolute atomic E-state index is 5.26. The van der Waals surface area contributed by atoms with Crippen LogP contribution in [-0.4, -0.2) is 46.1 Å². The van der Waals surface area contributed by atoms with E-state index in [4.69, 9.17) is 29.9 Å². The average Bonchev–Trinajstić information content (AvgIpc) is 1.57. The first-order chi connectivity index (χ1) is 52.0. The van der Waals surface area contributed by atoms with E-state index >= 15 is 0 Å². The molecule has 106 heavy (non-hydrogen) atoms. The molecule has 18 aromatic rings. The molecular formula is C98H70N6Si2. The zero-order valence-electron chi connectivity index (χ0n) is 59.2. The highest BCUT2D eigenvalue weighted by Gasteiger charge is 2.41. The first-order valence-corrected chi connectivity index (χ1v) is 42.4. The monoisotopic (exact) mass is 1390 g/mol. The van der Waals surface area contributed by atoms with Crippen LogP contribution in [0.2, 0.25) is 26.2 Å². The summed E-state index contributed by atoms with van der Waals surface area (Å²) < 4.78 is 0. The molecule has 0 aliphatic carbocycles. The number of benzene rings is 16. The molecule has 2 aliphatic heterocycles. The largest absolute Gasteiger partial charge is 0.208 e. The number of rotatable bonds is 10. The Morgan fingerprint density at radius 2 is 0.500 bits per heavy atom. The van der Waals surface area contributed by atoms with Gasteiger partial charge in [-0.05, 0) is 149 Å². The smallest absolute Gasteiger partial charge is 0.164 e. The molecule has 0 spiro atoms. The highest BCUT2D eigenvalue weighted by molar-refractivity contribution is 7.06. The van der Waals surface area contributed by atoms with E-state index in [1.807, 2.05) is 12.1 Å². The number of nitrogens with zero attached hydrogens (tertiary/aromatic N) is 6. The molecule has 0 N–H and O–H groups in total. The second kappa shape index (κ2) is 26.1. The van der Waals surface area contributed by atoms with Crippen molar-refractivity contribution in [3.05, 3.63) is 352 Å². The number of hydrogen-bond donors (Lipinski definition) is 0. The van der Waals surface area contributed by atoms with Crippen molar-refractivity contribution >= 4 is 80.0 Å². The van der Waals surface area contributed by atoms with Gasteiger partial charge in [0.15, 0.2) is 34.9 Å². The Bertz CT molecular complexity index is 6480. The summed E-state index contributed by atoms with van der Waals surface area (Å²) in [6, 6.07) is 126. The molecule has 0 atom stereocenters. The third-order valence-corrected chi connectivity index (χ3v) is 28.9. The average molecular weight is 1390 g/mol. The van der Waals surface area contributed by atoms with Gasteiger partial charge in [-0.1, -0.05) is 360 Å². The van der Waals surface area contributed by atoms with Crippen molar-refractivity contribution in [1.29, 1.82) is 0 Å². The van der Waals surface area contributed by atoms with Gasteiger partial charge in [0.1, 0.15) is 16.1 Å². The van der Waals surface area contributed by atoms with Crippen LogP contribution >= 0.6 is 0 Å². The minimum absolute atomic E-state index is 0.656. The summed E-state index contributed by atoms with van der Waals surface area (Å²) >= 11 is 0. The molecule has 20 rings (SSSR count). The highest BCUT2D eigenvalue weighted by Crippen LogP contribution is 2.41. The minimum atomic E-state index is -2.03. The fourth-order valence-corrected chi connectivity index (χ4v) is 23.3. The first kappa shape index (κ1) is 63.9. The molecule has 2 aliphatic rings. The Kier molecular flexibility index (Phi) is 15.7. The molecule has 0 fully saturated rings. The van der Waals surface area contributed by atoms with Gasteiger partial charge in [0.05, 0.1) is 0 Å². The van der Waals surface area contributed by atoms with Crippen LogP contribution in [0, 0.1) is 0 Å². The van der Waals surface area contributed by atoms with E-state index in [2.05, 4.69) is 366 Å². The van der Waals surface area contributed by atoms with Crippen molar-refractivity contribution in [3.8, 4) is 135 Å². The predicted octanol–water partition coefficient (Wildman–Crippen LogP) is 22.6.